The van der Waals surface area contributed by atoms with Crippen LogP contribution in [-0.4, -0.2) is 38.3 Å². The monoisotopic (exact) mass is 330 g/mol. The van der Waals surface area contributed by atoms with E-state index >= 15 is 0 Å². The number of aliphatic imine (C=N–C) groups is 1. The van der Waals surface area contributed by atoms with E-state index in [1.165, 1.54) is 12.8 Å². The van der Waals surface area contributed by atoms with E-state index < -0.39 is 0 Å². The molecule has 0 radical (unpaired) electrons. The molecule has 0 atom stereocenters. The minimum Gasteiger partial charge on any atom is -0.370 e. The van der Waals surface area contributed by atoms with Crippen molar-refractivity contribution in [3.8, 4) is 0 Å². The second kappa shape index (κ2) is 18.0. The molecule has 0 saturated carbocycles. The molecule has 0 spiro atoms. The molecule has 8 nitrogen and oxygen atoms in total. The summed E-state index contributed by atoms with van der Waals surface area (Å²) in [6.45, 7) is 2.90. The van der Waals surface area contributed by atoms with Crippen LogP contribution in [0.2, 0.25) is 0 Å². The summed E-state index contributed by atoms with van der Waals surface area (Å²) in [5, 5.41) is 15.9. The molecule has 0 amide bonds. The van der Waals surface area contributed by atoms with Crippen molar-refractivity contribution in [3.63, 3.8) is 0 Å². The highest BCUT2D eigenvalue weighted by Gasteiger charge is 1.91. The van der Waals surface area contributed by atoms with Crippen LogP contribution in [0, 0.1) is 5.41 Å². The number of nitrogens with one attached hydrogen (secondary N) is 4. The average molecular weight is 331 g/mol. The highest BCUT2D eigenvalue weighted by atomic mass is 35.5. The molecule has 20 heavy (non-hydrogen) atoms. The molecular formula is C10H28Cl2N8. The van der Waals surface area contributed by atoms with E-state index in [0.717, 1.165) is 25.9 Å². The molecule has 122 valence electrons. The first kappa shape index (κ1) is 24.1. The summed E-state index contributed by atoms with van der Waals surface area (Å²) in [4.78, 5) is 3.82. The largest absolute Gasteiger partial charge is 0.370 e. The molecular weight excluding hydrogens is 303 g/mol. The van der Waals surface area contributed by atoms with Gasteiger partial charge in [0.15, 0.2) is 11.9 Å². The van der Waals surface area contributed by atoms with Gasteiger partial charge < -0.3 is 22.5 Å². The number of nitrogens with zero attached hydrogens (tertiary/aromatic N) is 1. The van der Waals surface area contributed by atoms with Crippen molar-refractivity contribution in [2.24, 2.45) is 22.2 Å². The summed E-state index contributed by atoms with van der Waals surface area (Å²) in [6, 6.07) is 0. The molecule has 0 aromatic carbocycles. The van der Waals surface area contributed by atoms with Gasteiger partial charge in [0.05, 0.1) is 13.3 Å². The van der Waals surface area contributed by atoms with Crippen LogP contribution in [0.3, 0.4) is 0 Å². The van der Waals surface area contributed by atoms with Crippen LogP contribution in [0.5, 0.6) is 0 Å². The summed E-state index contributed by atoms with van der Waals surface area (Å²) < 4.78 is 0. The highest BCUT2D eigenvalue weighted by Crippen LogP contribution is 1.97. The fourth-order valence-electron chi connectivity index (χ4n) is 1.33. The first-order valence-corrected chi connectivity index (χ1v) is 6.17. The second-order valence-corrected chi connectivity index (χ2v) is 3.92. The maximum atomic E-state index is 6.94. The lowest BCUT2D eigenvalue weighted by atomic mass is 10.2. The molecule has 0 aliphatic heterocycles. The SMILES string of the molecule is Cl.Cl.N=C(N)NCNCCCCCCNCN=C(N)N. The number of nitrogens with two attached hydrogens (primary N) is 3. The number of hydrogen-bond acceptors (Lipinski definition) is 4. The van der Waals surface area contributed by atoms with E-state index in [4.69, 9.17) is 22.6 Å². The van der Waals surface area contributed by atoms with E-state index in [1.807, 2.05) is 0 Å². The van der Waals surface area contributed by atoms with Gasteiger partial charge in [0.2, 0.25) is 0 Å². The van der Waals surface area contributed by atoms with Gasteiger partial charge in [-0.05, 0) is 25.9 Å². The first-order chi connectivity index (χ1) is 8.63. The van der Waals surface area contributed by atoms with Gasteiger partial charge >= 0.3 is 0 Å². The van der Waals surface area contributed by atoms with Crippen molar-refractivity contribution >= 4 is 36.7 Å². The molecule has 10 heteroatoms. The number of hydrogen-bond donors (Lipinski definition) is 7. The standard InChI is InChI=1S/C10H26N8.2ClH/c11-9(12)17-7-15-5-3-1-2-4-6-16-8-18-10(13)14;;/h15-16H,1-8H2,(H4,11,12,17)(H4,13,14,18);2*1H. The van der Waals surface area contributed by atoms with Crippen molar-refractivity contribution < 1.29 is 0 Å². The summed E-state index contributed by atoms with van der Waals surface area (Å²) >= 11 is 0. The van der Waals surface area contributed by atoms with E-state index in [9.17, 15) is 0 Å². The van der Waals surface area contributed by atoms with Crippen molar-refractivity contribution in [3.05, 3.63) is 0 Å². The topological polar surface area (TPSA) is 150 Å². The molecule has 0 aromatic rings. The molecule has 0 aromatic heterocycles. The number of halogens is 2. The Morgan fingerprint density at radius 2 is 1.45 bits per heavy atom. The van der Waals surface area contributed by atoms with E-state index in [-0.39, 0.29) is 36.7 Å². The van der Waals surface area contributed by atoms with Crippen molar-refractivity contribution in [2.45, 2.75) is 25.7 Å². The summed E-state index contributed by atoms with van der Waals surface area (Å²) in [7, 11) is 0. The first-order valence-electron chi connectivity index (χ1n) is 6.17. The zero-order valence-corrected chi connectivity index (χ0v) is 13.3. The third-order valence-corrected chi connectivity index (χ3v) is 2.23. The average Bonchev–Trinajstić information content (AvgIpc) is 2.29. The van der Waals surface area contributed by atoms with E-state index in [2.05, 4.69) is 20.9 Å². The van der Waals surface area contributed by atoms with Gasteiger partial charge in [-0.25, -0.2) is 4.99 Å². The number of guanidine groups is 2. The number of rotatable bonds is 11. The fourth-order valence-corrected chi connectivity index (χ4v) is 1.33. The van der Waals surface area contributed by atoms with Crippen LogP contribution in [-0.2, 0) is 0 Å². The zero-order chi connectivity index (χ0) is 13.6. The van der Waals surface area contributed by atoms with Crippen LogP contribution >= 0.6 is 24.8 Å². The lowest BCUT2D eigenvalue weighted by molar-refractivity contribution is 0.562. The Hall–Kier alpha value is -0.960. The Balaban J connectivity index is -0.00000144. The highest BCUT2D eigenvalue weighted by molar-refractivity contribution is 5.85. The molecule has 0 fully saturated rings. The van der Waals surface area contributed by atoms with Crippen LogP contribution in [0.25, 0.3) is 0 Å². The lowest BCUT2D eigenvalue weighted by Crippen LogP contribution is -2.38. The molecule has 0 heterocycles. The van der Waals surface area contributed by atoms with Crippen molar-refractivity contribution in [1.29, 1.82) is 5.41 Å². The van der Waals surface area contributed by atoms with Crippen molar-refractivity contribution in [2.75, 3.05) is 26.4 Å². The third-order valence-electron chi connectivity index (χ3n) is 2.23. The quantitative estimate of drug-likeness (QED) is 0.114. The maximum Gasteiger partial charge on any atom is 0.187 e. The van der Waals surface area contributed by atoms with Gasteiger partial charge in [-0.15, -0.1) is 24.8 Å². The molecule has 0 unspecified atom stereocenters. The molecule has 0 bridgehead atoms. The molecule has 0 saturated heterocycles. The number of unbranched alkanes of at least 4 members (excludes halogenated alkanes) is 3. The second-order valence-electron chi connectivity index (χ2n) is 3.92. The summed E-state index contributed by atoms with van der Waals surface area (Å²) in [5.74, 6) is 0.113. The Morgan fingerprint density at radius 3 is 1.95 bits per heavy atom. The smallest absolute Gasteiger partial charge is 0.187 e. The van der Waals surface area contributed by atoms with Crippen LogP contribution in [0.1, 0.15) is 25.7 Å². The Labute approximate surface area is 133 Å². The maximum absolute atomic E-state index is 6.94. The summed E-state index contributed by atoms with van der Waals surface area (Å²) in [6.07, 6.45) is 4.59. The Morgan fingerprint density at radius 1 is 0.900 bits per heavy atom. The summed E-state index contributed by atoms with van der Waals surface area (Å²) in [5.41, 5.74) is 15.5. The Bertz CT molecular complexity index is 245. The molecule has 0 aliphatic rings. The van der Waals surface area contributed by atoms with E-state index in [0.29, 0.717) is 13.3 Å². The van der Waals surface area contributed by atoms with Crippen molar-refractivity contribution in [1.82, 2.24) is 16.0 Å². The van der Waals surface area contributed by atoms with Crippen LogP contribution in [0.15, 0.2) is 4.99 Å². The molecule has 10 N–H and O–H groups in total. The lowest BCUT2D eigenvalue weighted by Gasteiger charge is -2.06. The van der Waals surface area contributed by atoms with Gasteiger partial charge in [0.25, 0.3) is 0 Å². The van der Waals surface area contributed by atoms with Gasteiger partial charge in [-0.1, -0.05) is 12.8 Å². The Kier molecular flexibility index (Phi) is 21.7. The molecule has 0 rings (SSSR count). The normalized spacial score (nSPS) is 9.00. The van der Waals surface area contributed by atoms with Crippen LogP contribution in [0.4, 0.5) is 0 Å². The zero-order valence-electron chi connectivity index (χ0n) is 11.7. The predicted octanol–water partition coefficient (Wildman–Crippen LogP) is -0.759. The van der Waals surface area contributed by atoms with Crippen LogP contribution < -0.4 is 33.2 Å². The fraction of sp³-hybridized carbons (Fsp3) is 0.800. The predicted molar refractivity (Wildman–Crippen MR) is 89.6 cm³/mol. The van der Waals surface area contributed by atoms with Gasteiger partial charge in [0, 0.05) is 0 Å². The minimum atomic E-state index is -0.00523. The minimum absolute atomic E-state index is 0. The molecule has 0 aliphatic carbocycles. The van der Waals surface area contributed by atoms with Gasteiger partial charge in [-0.3, -0.25) is 16.0 Å². The van der Waals surface area contributed by atoms with E-state index in [1.54, 1.807) is 0 Å². The van der Waals surface area contributed by atoms with Gasteiger partial charge in [-0.2, -0.15) is 0 Å². The van der Waals surface area contributed by atoms with Gasteiger partial charge in [0.1, 0.15) is 0 Å². The third kappa shape index (κ3) is 22.2.